The van der Waals surface area contributed by atoms with Gasteiger partial charge in [-0.2, -0.15) is 5.10 Å². The zero-order valence-corrected chi connectivity index (χ0v) is 23.5. The Morgan fingerprint density at radius 3 is 2.27 bits per heavy atom. The smallest absolute Gasteiger partial charge is 0.284 e. The lowest BCUT2D eigenvalue weighted by atomic mass is 9.94. The van der Waals surface area contributed by atoms with Crippen molar-refractivity contribution >= 4 is 40.3 Å². The molecule has 6 rings (SSSR count). The van der Waals surface area contributed by atoms with Crippen LogP contribution < -0.4 is 10.6 Å². The first-order valence-electron chi connectivity index (χ1n) is 13.4. The largest absolute Gasteiger partial charge is 0.320 e. The molecular formula is C30H30N6O3S. The van der Waals surface area contributed by atoms with Gasteiger partial charge in [0, 0.05) is 54.8 Å². The monoisotopic (exact) mass is 554 g/mol. The molecule has 10 heteroatoms. The quantitative estimate of drug-likeness (QED) is 0.356. The molecule has 4 heterocycles. The maximum Gasteiger partial charge on any atom is 0.284 e. The number of carbonyl (C=O) groups is 3. The predicted octanol–water partition coefficient (Wildman–Crippen LogP) is 5.09. The number of hydrogen-bond donors (Lipinski definition) is 2. The molecule has 2 amide bonds. The molecule has 0 atom stereocenters. The van der Waals surface area contributed by atoms with Crippen molar-refractivity contribution in [1.29, 1.82) is 0 Å². The third kappa shape index (κ3) is 4.84. The zero-order chi connectivity index (χ0) is 28.0. The SMILES string of the molecule is Cc1c(NC(=O)c2cc3n(n2)CCCC3=O)cccc1-c1cccc(NC(=O)c2nc3c(s2)CN(C)CC3)c1C. The number of hydrogen-bond acceptors (Lipinski definition) is 7. The van der Waals surface area contributed by atoms with Crippen molar-refractivity contribution < 1.29 is 14.4 Å². The predicted molar refractivity (Wildman–Crippen MR) is 155 cm³/mol. The number of Topliss-reactive ketones (excluding diaryl/α,β-unsaturated/α-hetero) is 1. The van der Waals surface area contributed by atoms with Crippen LogP contribution in [0.15, 0.2) is 42.5 Å². The van der Waals surface area contributed by atoms with Crippen LogP contribution in [0.3, 0.4) is 0 Å². The fourth-order valence-corrected chi connectivity index (χ4v) is 6.43. The van der Waals surface area contributed by atoms with Gasteiger partial charge in [0.05, 0.1) is 5.69 Å². The number of nitrogens with one attached hydrogen (secondary N) is 2. The van der Waals surface area contributed by atoms with E-state index >= 15 is 0 Å². The molecule has 204 valence electrons. The molecule has 0 bridgehead atoms. The fraction of sp³-hybridized carbons (Fsp3) is 0.300. The van der Waals surface area contributed by atoms with E-state index in [4.69, 9.17) is 0 Å². The number of aromatic nitrogens is 3. The van der Waals surface area contributed by atoms with Crippen LogP contribution in [-0.4, -0.2) is 50.9 Å². The van der Waals surface area contributed by atoms with E-state index in [9.17, 15) is 14.4 Å². The summed E-state index contributed by atoms with van der Waals surface area (Å²) in [5.41, 5.74) is 6.82. The highest BCUT2D eigenvalue weighted by atomic mass is 32.1. The molecule has 9 nitrogen and oxygen atoms in total. The van der Waals surface area contributed by atoms with Crippen LogP contribution in [0.2, 0.25) is 0 Å². The molecule has 2 aliphatic heterocycles. The summed E-state index contributed by atoms with van der Waals surface area (Å²) in [4.78, 5) is 46.4. The van der Waals surface area contributed by atoms with Gasteiger partial charge in [0.2, 0.25) is 0 Å². The van der Waals surface area contributed by atoms with Crippen molar-refractivity contribution in [2.45, 2.75) is 46.2 Å². The fourth-order valence-electron chi connectivity index (χ4n) is 5.35. The third-order valence-corrected chi connectivity index (χ3v) is 8.72. The number of rotatable bonds is 5. The molecule has 0 unspecified atom stereocenters. The maximum atomic E-state index is 13.1. The van der Waals surface area contributed by atoms with E-state index in [2.05, 4.69) is 32.7 Å². The Balaban J connectivity index is 1.23. The van der Waals surface area contributed by atoms with Crippen molar-refractivity contribution in [2.75, 3.05) is 24.2 Å². The Kier molecular flexibility index (Phi) is 6.81. The van der Waals surface area contributed by atoms with Crippen molar-refractivity contribution in [3.05, 3.63) is 80.6 Å². The number of fused-ring (bicyclic) bond motifs is 2. The van der Waals surface area contributed by atoms with Gasteiger partial charge in [-0.25, -0.2) is 4.98 Å². The van der Waals surface area contributed by atoms with E-state index < -0.39 is 0 Å². The Morgan fingerprint density at radius 2 is 1.60 bits per heavy atom. The van der Waals surface area contributed by atoms with Gasteiger partial charge in [-0.3, -0.25) is 19.1 Å². The highest BCUT2D eigenvalue weighted by Crippen LogP contribution is 2.34. The van der Waals surface area contributed by atoms with Gasteiger partial charge < -0.3 is 15.5 Å². The summed E-state index contributed by atoms with van der Waals surface area (Å²) in [5.74, 6) is -0.549. The van der Waals surface area contributed by atoms with Crippen molar-refractivity contribution in [1.82, 2.24) is 19.7 Å². The first kappa shape index (κ1) is 26.1. The number of ketones is 1. The van der Waals surface area contributed by atoms with E-state index in [1.165, 1.54) is 11.3 Å². The van der Waals surface area contributed by atoms with Gasteiger partial charge in [-0.15, -0.1) is 11.3 Å². The lowest BCUT2D eigenvalue weighted by Gasteiger charge is -2.20. The average molecular weight is 555 g/mol. The van der Waals surface area contributed by atoms with Crippen LogP contribution >= 0.6 is 11.3 Å². The molecule has 2 aromatic heterocycles. The summed E-state index contributed by atoms with van der Waals surface area (Å²) in [7, 11) is 2.08. The van der Waals surface area contributed by atoms with E-state index in [-0.39, 0.29) is 23.3 Å². The summed E-state index contributed by atoms with van der Waals surface area (Å²) in [6, 6.07) is 13.1. The molecule has 40 heavy (non-hydrogen) atoms. The second kappa shape index (κ2) is 10.4. The lowest BCUT2D eigenvalue weighted by molar-refractivity contribution is 0.0949. The first-order chi connectivity index (χ1) is 19.3. The molecule has 2 N–H and O–H groups in total. The third-order valence-electron chi connectivity index (χ3n) is 7.64. The van der Waals surface area contributed by atoms with Crippen LogP contribution in [0.4, 0.5) is 11.4 Å². The van der Waals surface area contributed by atoms with Gasteiger partial charge >= 0.3 is 0 Å². The summed E-state index contributed by atoms with van der Waals surface area (Å²) >= 11 is 1.46. The van der Waals surface area contributed by atoms with Crippen molar-refractivity contribution in [3.8, 4) is 11.1 Å². The number of aryl methyl sites for hydroxylation is 1. The van der Waals surface area contributed by atoms with Crippen LogP contribution in [0.1, 0.15) is 65.3 Å². The van der Waals surface area contributed by atoms with Crippen molar-refractivity contribution in [3.63, 3.8) is 0 Å². The topological polar surface area (TPSA) is 109 Å². The average Bonchev–Trinajstić information content (AvgIpc) is 3.56. The van der Waals surface area contributed by atoms with Crippen LogP contribution in [-0.2, 0) is 19.5 Å². The highest BCUT2D eigenvalue weighted by molar-refractivity contribution is 7.13. The molecule has 2 aliphatic rings. The van der Waals surface area contributed by atoms with Gasteiger partial charge in [0.15, 0.2) is 16.5 Å². The van der Waals surface area contributed by atoms with Gasteiger partial charge in [0.1, 0.15) is 5.69 Å². The van der Waals surface area contributed by atoms with Gasteiger partial charge in [-0.05, 0) is 61.7 Å². The molecule has 0 aliphatic carbocycles. The summed E-state index contributed by atoms with van der Waals surface area (Å²) in [6.45, 7) is 6.33. The molecule has 0 saturated heterocycles. The first-order valence-corrected chi connectivity index (χ1v) is 14.2. The Morgan fingerprint density at radius 1 is 0.925 bits per heavy atom. The summed E-state index contributed by atoms with van der Waals surface area (Å²) in [5, 5.41) is 10.9. The second-order valence-electron chi connectivity index (χ2n) is 10.4. The minimum Gasteiger partial charge on any atom is -0.320 e. The summed E-state index contributed by atoms with van der Waals surface area (Å²) < 4.78 is 1.62. The standard InChI is InChI=1S/C30H30N6O3S/c1-17-19(7-4-9-21(17)31-28(38)24-15-25-26(37)11-6-13-36(25)34-24)20-8-5-10-22(18(20)2)32-29(39)30-33-23-12-14-35(3)16-27(23)40-30/h4-5,7-10,15H,6,11-14,16H2,1-3H3,(H,31,38)(H,32,39). The lowest BCUT2D eigenvalue weighted by Crippen LogP contribution is -2.25. The number of nitrogens with zero attached hydrogens (tertiary/aromatic N) is 4. The van der Waals surface area contributed by atoms with E-state index in [0.29, 0.717) is 29.4 Å². The molecule has 4 aromatic rings. The number of benzene rings is 2. The minimum atomic E-state index is -0.356. The van der Waals surface area contributed by atoms with E-state index in [1.54, 1.807) is 10.7 Å². The van der Waals surface area contributed by atoms with Crippen LogP contribution in [0.25, 0.3) is 11.1 Å². The Labute approximate surface area is 236 Å². The number of likely N-dealkylation sites (N-methyl/N-ethyl adjacent to an activating group) is 1. The number of amides is 2. The normalized spacial score (nSPS) is 14.9. The summed E-state index contributed by atoms with van der Waals surface area (Å²) in [6.07, 6.45) is 2.08. The Hall–Kier alpha value is -4.15. The molecule has 0 fully saturated rings. The van der Waals surface area contributed by atoms with E-state index in [1.807, 2.05) is 50.2 Å². The molecular weight excluding hydrogens is 524 g/mol. The van der Waals surface area contributed by atoms with Gasteiger partial charge in [-0.1, -0.05) is 24.3 Å². The highest BCUT2D eigenvalue weighted by Gasteiger charge is 2.24. The number of anilines is 2. The molecule has 0 radical (unpaired) electrons. The number of thiazole rings is 1. The molecule has 2 aromatic carbocycles. The Bertz CT molecular complexity index is 1670. The van der Waals surface area contributed by atoms with Crippen LogP contribution in [0, 0.1) is 13.8 Å². The number of carbonyl (C=O) groups excluding carboxylic acids is 3. The molecule has 0 spiro atoms. The second-order valence-corrected chi connectivity index (χ2v) is 11.5. The van der Waals surface area contributed by atoms with E-state index in [0.717, 1.165) is 64.4 Å². The zero-order valence-electron chi connectivity index (χ0n) is 22.7. The van der Waals surface area contributed by atoms with Gasteiger partial charge in [0.25, 0.3) is 11.8 Å². The van der Waals surface area contributed by atoms with Crippen molar-refractivity contribution in [2.24, 2.45) is 0 Å². The maximum absolute atomic E-state index is 13.1. The minimum absolute atomic E-state index is 0.0143. The molecule has 0 saturated carbocycles. The van der Waals surface area contributed by atoms with Crippen LogP contribution in [0.5, 0.6) is 0 Å².